The number of carbonyl (C=O) groups is 3. The van der Waals surface area contributed by atoms with Crippen molar-refractivity contribution >= 4 is 39.5 Å². The first kappa shape index (κ1) is 17.2. The maximum absolute atomic E-state index is 11.7. The summed E-state index contributed by atoms with van der Waals surface area (Å²) >= 11 is 3.36. The van der Waals surface area contributed by atoms with Crippen LogP contribution in [0.1, 0.15) is 30.4 Å². The number of hydrogen-bond donors (Lipinski definition) is 3. The fourth-order valence-electron chi connectivity index (χ4n) is 1.84. The number of urea groups is 1. The minimum Gasteiger partial charge on any atom is -0.481 e. The molecular weight excluding hydrogens is 340 g/mol. The van der Waals surface area contributed by atoms with Crippen LogP contribution >= 0.6 is 15.9 Å². The lowest BCUT2D eigenvalue weighted by atomic mass is 10.1. The van der Waals surface area contributed by atoms with Crippen LogP contribution in [0.25, 0.3) is 0 Å². The van der Waals surface area contributed by atoms with Crippen molar-refractivity contribution in [1.29, 1.82) is 0 Å². The first-order valence-electron chi connectivity index (χ1n) is 6.39. The summed E-state index contributed by atoms with van der Waals surface area (Å²) < 4.78 is 0.910. The lowest BCUT2D eigenvalue weighted by Crippen LogP contribution is -2.34. The lowest BCUT2D eigenvalue weighted by Gasteiger charge is -2.12. The first-order valence-corrected chi connectivity index (χ1v) is 7.18. The average Bonchev–Trinajstić information content (AvgIpc) is 2.33. The zero-order chi connectivity index (χ0) is 16.0. The van der Waals surface area contributed by atoms with E-state index in [0.29, 0.717) is 5.69 Å². The number of hydrogen-bond acceptors (Lipinski definition) is 3. The van der Waals surface area contributed by atoms with Gasteiger partial charge in [-0.25, -0.2) is 4.79 Å². The first-order chi connectivity index (χ1) is 9.79. The predicted molar refractivity (Wildman–Crippen MR) is 82.3 cm³/mol. The molecule has 0 aliphatic carbocycles. The molecule has 0 atom stereocenters. The van der Waals surface area contributed by atoms with Crippen LogP contribution in [0.4, 0.5) is 10.5 Å². The maximum Gasteiger partial charge on any atom is 0.325 e. The van der Waals surface area contributed by atoms with Crippen molar-refractivity contribution in [3.63, 3.8) is 0 Å². The molecule has 7 heteroatoms. The Morgan fingerprint density at radius 2 is 1.71 bits per heavy atom. The van der Waals surface area contributed by atoms with E-state index in [1.54, 1.807) is 0 Å². The zero-order valence-electron chi connectivity index (χ0n) is 11.8. The van der Waals surface area contributed by atoms with Crippen LogP contribution in [0.2, 0.25) is 0 Å². The number of anilines is 1. The molecule has 0 fully saturated rings. The Labute approximate surface area is 131 Å². The molecule has 0 radical (unpaired) electrons. The maximum atomic E-state index is 11.7. The average molecular weight is 357 g/mol. The predicted octanol–water partition coefficient (Wildman–Crippen LogP) is 2.97. The monoisotopic (exact) mass is 356 g/mol. The summed E-state index contributed by atoms with van der Waals surface area (Å²) in [5, 5.41) is 13.3. The summed E-state index contributed by atoms with van der Waals surface area (Å²) in [7, 11) is 0. The summed E-state index contributed by atoms with van der Waals surface area (Å²) in [6, 6.07) is 3.10. The molecule has 0 aliphatic heterocycles. The summed E-state index contributed by atoms with van der Waals surface area (Å²) in [6.45, 7) is 3.70. The topological polar surface area (TPSA) is 95.5 Å². The van der Waals surface area contributed by atoms with Gasteiger partial charge in [-0.3, -0.25) is 14.9 Å². The van der Waals surface area contributed by atoms with E-state index in [1.165, 1.54) is 0 Å². The van der Waals surface area contributed by atoms with E-state index >= 15 is 0 Å². The van der Waals surface area contributed by atoms with Crippen molar-refractivity contribution in [2.45, 2.75) is 33.1 Å². The second-order valence-electron chi connectivity index (χ2n) is 4.66. The quantitative estimate of drug-likeness (QED) is 0.755. The normalized spacial score (nSPS) is 10.0. The Balaban J connectivity index is 2.54. The molecule has 1 rings (SSSR count). The standard InChI is InChI=1S/C14H17BrN2O4/c1-8-6-10(15)7-9(2)13(8)17-14(21)16-11(18)4-3-5-12(19)20/h6-7H,3-5H2,1-2H3,(H,19,20)(H2,16,17,18,21). The number of carbonyl (C=O) groups excluding carboxylic acids is 2. The van der Waals surface area contributed by atoms with Crippen molar-refractivity contribution in [2.24, 2.45) is 0 Å². The number of amides is 3. The van der Waals surface area contributed by atoms with E-state index in [-0.39, 0.29) is 19.3 Å². The molecule has 21 heavy (non-hydrogen) atoms. The molecular formula is C14H17BrN2O4. The smallest absolute Gasteiger partial charge is 0.325 e. The second kappa shape index (κ2) is 7.78. The number of carboxylic acids is 1. The molecule has 0 spiro atoms. The van der Waals surface area contributed by atoms with Gasteiger partial charge >= 0.3 is 12.0 Å². The molecule has 0 unspecified atom stereocenters. The fourth-order valence-corrected chi connectivity index (χ4v) is 2.53. The van der Waals surface area contributed by atoms with Crippen LogP contribution in [0.5, 0.6) is 0 Å². The number of nitrogens with one attached hydrogen (secondary N) is 2. The minimum absolute atomic E-state index is 0.00196. The number of aliphatic carboxylic acids is 1. The molecule has 0 saturated carbocycles. The Hall–Kier alpha value is -1.89. The Morgan fingerprint density at radius 1 is 1.14 bits per heavy atom. The van der Waals surface area contributed by atoms with Gasteiger partial charge < -0.3 is 10.4 Å². The third kappa shape index (κ3) is 5.95. The van der Waals surface area contributed by atoms with E-state index in [1.807, 2.05) is 26.0 Å². The van der Waals surface area contributed by atoms with Gasteiger partial charge in [-0.05, 0) is 43.5 Å². The van der Waals surface area contributed by atoms with Crippen LogP contribution in [0.15, 0.2) is 16.6 Å². The Bertz CT molecular complexity index is 549. The van der Waals surface area contributed by atoms with E-state index < -0.39 is 17.9 Å². The Morgan fingerprint density at radius 3 is 2.24 bits per heavy atom. The van der Waals surface area contributed by atoms with Crippen LogP contribution < -0.4 is 10.6 Å². The van der Waals surface area contributed by atoms with E-state index in [9.17, 15) is 14.4 Å². The second-order valence-corrected chi connectivity index (χ2v) is 5.58. The van der Waals surface area contributed by atoms with Gasteiger partial charge in [0.15, 0.2) is 0 Å². The van der Waals surface area contributed by atoms with E-state index in [0.717, 1.165) is 15.6 Å². The molecule has 0 saturated heterocycles. The third-order valence-electron chi connectivity index (χ3n) is 2.78. The SMILES string of the molecule is Cc1cc(Br)cc(C)c1NC(=O)NC(=O)CCCC(=O)O. The highest BCUT2D eigenvalue weighted by Crippen LogP contribution is 2.24. The van der Waals surface area contributed by atoms with E-state index in [4.69, 9.17) is 5.11 Å². The molecule has 3 N–H and O–H groups in total. The highest BCUT2D eigenvalue weighted by atomic mass is 79.9. The Kier molecular flexibility index (Phi) is 6.36. The van der Waals surface area contributed by atoms with Gasteiger partial charge in [-0.15, -0.1) is 0 Å². The zero-order valence-corrected chi connectivity index (χ0v) is 13.4. The third-order valence-corrected chi connectivity index (χ3v) is 3.24. The number of imide groups is 1. The van der Waals surface area contributed by atoms with Crippen molar-refractivity contribution in [1.82, 2.24) is 5.32 Å². The summed E-state index contributed by atoms with van der Waals surface area (Å²) in [6.07, 6.45) is 0.1000. The van der Waals surface area contributed by atoms with Gasteiger partial charge in [0.25, 0.3) is 0 Å². The van der Waals surface area contributed by atoms with Gasteiger partial charge in [-0.1, -0.05) is 15.9 Å². The minimum atomic E-state index is -0.964. The number of carboxylic acid groups (broad SMARTS) is 1. The fraction of sp³-hybridized carbons (Fsp3) is 0.357. The van der Waals surface area contributed by atoms with E-state index in [2.05, 4.69) is 26.6 Å². The molecule has 1 aromatic carbocycles. The molecule has 0 bridgehead atoms. The van der Waals surface area contributed by atoms with Crippen molar-refractivity contribution in [3.8, 4) is 0 Å². The summed E-state index contributed by atoms with van der Waals surface area (Å²) in [5.41, 5.74) is 2.39. The van der Waals surface area contributed by atoms with Crippen LogP contribution in [0, 0.1) is 13.8 Å². The summed E-state index contributed by atoms with van der Waals surface area (Å²) in [4.78, 5) is 33.5. The molecule has 3 amide bonds. The molecule has 6 nitrogen and oxygen atoms in total. The van der Waals surface area contributed by atoms with Crippen molar-refractivity contribution < 1.29 is 19.5 Å². The highest BCUT2D eigenvalue weighted by molar-refractivity contribution is 9.10. The molecule has 0 aliphatic rings. The molecule has 1 aromatic rings. The van der Waals surface area contributed by atoms with Crippen LogP contribution in [0.3, 0.4) is 0 Å². The molecule has 114 valence electrons. The number of rotatable bonds is 5. The number of halogens is 1. The number of aryl methyl sites for hydroxylation is 2. The highest BCUT2D eigenvalue weighted by Gasteiger charge is 2.11. The van der Waals surface area contributed by atoms with Gasteiger partial charge in [0.2, 0.25) is 5.91 Å². The summed E-state index contributed by atoms with van der Waals surface area (Å²) in [5.74, 6) is -1.46. The van der Waals surface area contributed by atoms with Gasteiger partial charge in [0.05, 0.1) is 0 Å². The molecule has 0 heterocycles. The largest absolute Gasteiger partial charge is 0.481 e. The van der Waals surface area contributed by atoms with Gasteiger partial charge in [-0.2, -0.15) is 0 Å². The van der Waals surface area contributed by atoms with Crippen LogP contribution in [-0.4, -0.2) is 23.0 Å². The van der Waals surface area contributed by atoms with Gasteiger partial charge in [0.1, 0.15) is 0 Å². The molecule has 0 aromatic heterocycles. The lowest BCUT2D eigenvalue weighted by molar-refractivity contribution is -0.137. The van der Waals surface area contributed by atoms with Crippen molar-refractivity contribution in [2.75, 3.05) is 5.32 Å². The van der Waals surface area contributed by atoms with Crippen molar-refractivity contribution in [3.05, 3.63) is 27.7 Å². The van der Waals surface area contributed by atoms with Gasteiger partial charge in [0, 0.05) is 23.0 Å². The van der Waals surface area contributed by atoms with Crippen LogP contribution in [-0.2, 0) is 9.59 Å². The number of benzene rings is 1.